The lowest BCUT2D eigenvalue weighted by molar-refractivity contribution is -0.136. The van der Waals surface area contributed by atoms with E-state index in [9.17, 15) is 9.59 Å². The third kappa shape index (κ3) is 6.49. The van der Waals surface area contributed by atoms with Crippen LogP contribution in [-0.2, 0) is 16.2 Å². The number of anilines is 1. The zero-order chi connectivity index (χ0) is 24.5. The maximum absolute atomic E-state index is 12.2. The van der Waals surface area contributed by atoms with Crippen LogP contribution in [0.25, 0.3) is 0 Å². The van der Waals surface area contributed by atoms with Gasteiger partial charge in [0.25, 0.3) is 0 Å². The average Bonchev–Trinajstić information content (AvgIpc) is 2.86. The number of ether oxygens (including phenoxy) is 3. The summed E-state index contributed by atoms with van der Waals surface area (Å²) < 4.78 is 16.4. The third-order valence-corrected chi connectivity index (χ3v) is 5.03. The van der Waals surface area contributed by atoms with Gasteiger partial charge < -0.3 is 19.5 Å². The van der Waals surface area contributed by atoms with Gasteiger partial charge in [-0.3, -0.25) is 9.59 Å². The summed E-state index contributed by atoms with van der Waals surface area (Å²) >= 11 is 5.91. The molecule has 0 aromatic heterocycles. The van der Waals surface area contributed by atoms with Crippen molar-refractivity contribution < 1.29 is 23.8 Å². The second-order valence-electron chi connectivity index (χ2n) is 7.07. The molecule has 0 heterocycles. The second-order valence-corrected chi connectivity index (χ2v) is 7.51. The summed E-state index contributed by atoms with van der Waals surface area (Å²) in [4.78, 5) is 24.4. The largest absolute Gasteiger partial charge is 0.495 e. The molecule has 0 saturated carbocycles. The number of nitrogens with zero attached hydrogens (tertiary/aromatic N) is 1. The lowest BCUT2D eigenvalue weighted by atomic mass is 10.1. The topological polar surface area (TPSA) is 98.2 Å². The first kappa shape index (κ1) is 24.6. The molecule has 3 rings (SSSR count). The number of hydrazone groups is 1. The van der Waals surface area contributed by atoms with Crippen LogP contribution in [0.5, 0.6) is 17.2 Å². The molecule has 0 saturated heterocycles. The molecule has 3 aromatic rings. The summed E-state index contributed by atoms with van der Waals surface area (Å²) in [5, 5.41) is 7.17. The van der Waals surface area contributed by atoms with Gasteiger partial charge in [0.05, 0.1) is 25.6 Å². The summed E-state index contributed by atoms with van der Waals surface area (Å²) in [6, 6.07) is 19.4. The van der Waals surface area contributed by atoms with E-state index in [2.05, 4.69) is 15.8 Å². The van der Waals surface area contributed by atoms with Gasteiger partial charge in [-0.15, -0.1) is 0 Å². The fourth-order valence-corrected chi connectivity index (χ4v) is 3.06. The van der Waals surface area contributed by atoms with Crippen molar-refractivity contribution in [3.05, 3.63) is 82.9 Å². The third-order valence-electron chi connectivity index (χ3n) is 4.78. The van der Waals surface area contributed by atoms with Crippen molar-refractivity contribution >= 4 is 34.8 Å². The molecule has 176 valence electrons. The Morgan fingerprint density at radius 2 is 1.59 bits per heavy atom. The summed E-state index contributed by atoms with van der Waals surface area (Å²) in [5.41, 5.74) is 4.75. The van der Waals surface area contributed by atoms with E-state index in [4.69, 9.17) is 25.8 Å². The van der Waals surface area contributed by atoms with E-state index < -0.39 is 11.8 Å². The molecule has 0 spiro atoms. The van der Waals surface area contributed by atoms with Gasteiger partial charge in [-0.05, 0) is 55.0 Å². The number of hydrogen-bond acceptors (Lipinski definition) is 6. The molecular weight excluding hydrogens is 458 g/mol. The predicted octanol–water partition coefficient (Wildman–Crippen LogP) is 4.42. The summed E-state index contributed by atoms with van der Waals surface area (Å²) in [6.07, 6.45) is 0. The summed E-state index contributed by atoms with van der Waals surface area (Å²) in [6.45, 7) is 2.04. The summed E-state index contributed by atoms with van der Waals surface area (Å²) in [7, 11) is 3.01. The number of hydrogen-bond donors (Lipinski definition) is 2. The molecule has 0 aliphatic carbocycles. The highest BCUT2D eigenvalue weighted by Gasteiger charge is 2.16. The van der Waals surface area contributed by atoms with Gasteiger partial charge in [-0.25, -0.2) is 5.43 Å². The lowest BCUT2D eigenvalue weighted by Crippen LogP contribution is -2.33. The van der Waals surface area contributed by atoms with Crippen LogP contribution in [0.15, 0.2) is 71.8 Å². The fourth-order valence-electron chi connectivity index (χ4n) is 2.93. The maximum Gasteiger partial charge on any atom is 0.329 e. The molecule has 8 nitrogen and oxygen atoms in total. The number of methoxy groups -OCH3 is 2. The predicted molar refractivity (Wildman–Crippen MR) is 131 cm³/mol. The minimum atomic E-state index is -0.917. The molecule has 2 N–H and O–H groups in total. The molecular formula is C25H24ClN3O5. The van der Waals surface area contributed by atoms with E-state index in [-0.39, 0.29) is 0 Å². The first-order valence-corrected chi connectivity index (χ1v) is 10.6. The molecule has 9 heteroatoms. The van der Waals surface area contributed by atoms with Crippen molar-refractivity contribution in [2.75, 3.05) is 19.5 Å². The van der Waals surface area contributed by atoms with Crippen molar-refractivity contribution in [3.63, 3.8) is 0 Å². The normalized spacial score (nSPS) is 10.9. The number of nitrogens with one attached hydrogen (secondary N) is 2. The Bertz CT molecular complexity index is 1200. The molecule has 0 fully saturated rings. The summed E-state index contributed by atoms with van der Waals surface area (Å²) in [5.74, 6) is -0.297. The number of carbonyl (C=O) groups is 2. The van der Waals surface area contributed by atoms with Gasteiger partial charge in [0.15, 0.2) is 11.5 Å². The van der Waals surface area contributed by atoms with Gasteiger partial charge in [0, 0.05) is 10.6 Å². The zero-order valence-corrected chi connectivity index (χ0v) is 19.7. The fraction of sp³-hybridized carbons (Fsp3) is 0.160. The highest BCUT2D eigenvalue weighted by atomic mass is 35.5. The van der Waals surface area contributed by atoms with Gasteiger partial charge in [-0.1, -0.05) is 35.9 Å². The van der Waals surface area contributed by atoms with Gasteiger partial charge in [0.2, 0.25) is 0 Å². The molecule has 34 heavy (non-hydrogen) atoms. The number of rotatable bonds is 8. The lowest BCUT2D eigenvalue weighted by Gasteiger charge is -2.12. The zero-order valence-electron chi connectivity index (χ0n) is 18.9. The number of para-hydroxylation sites is 2. The maximum atomic E-state index is 12.2. The van der Waals surface area contributed by atoms with E-state index in [1.54, 1.807) is 61.5 Å². The van der Waals surface area contributed by atoms with E-state index in [1.807, 2.05) is 12.1 Å². The molecule has 0 radical (unpaired) electrons. The van der Waals surface area contributed by atoms with Crippen LogP contribution in [0.1, 0.15) is 18.1 Å². The molecule has 0 bridgehead atoms. The number of halogens is 1. The van der Waals surface area contributed by atoms with Crippen LogP contribution in [0, 0.1) is 0 Å². The quantitative estimate of drug-likeness (QED) is 0.282. The van der Waals surface area contributed by atoms with Gasteiger partial charge in [-0.2, -0.15) is 5.10 Å². The minimum absolute atomic E-state index is 0.345. The first-order chi connectivity index (χ1) is 16.4. The number of benzene rings is 3. The molecule has 0 aliphatic heterocycles. The minimum Gasteiger partial charge on any atom is -0.495 e. The monoisotopic (exact) mass is 481 g/mol. The molecule has 3 aromatic carbocycles. The highest BCUT2D eigenvalue weighted by Crippen LogP contribution is 2.29. The average molecular weight is 482 g/mol. The van der Waals surface area contributed by atoms with Crippen LogP contribution < -0.4 is 25.0 Å². The van der Waals surface area contributed by atoms with Crippen molar-refractivity contribution in [1.82, 2.24) is 5.43 Å². The Kier molecular flexibility index (Phi) is 8.48. The van der Waals surface area contributed by atoms with E-state index >= 15 is 0 Å². The highest BCUT2D eigenvalue weighted by molar-refractivity contribution is 6.39. The number of carbonyl (C=O) groups excluding carboxylic acids is 2. The van der Waals surface area contributed by atoms with Crippen LogP contribution in [0.4, 0.5) is 5.69 Å². The van der Waals surface area contributed by atoms with E-state index in [0.29, 0.717) is 45.8 Å². The molecule has 0 unspecified atom stereocenters. The van der Waals surface area contributed by atoms with Gasteiger partial charge in [0.1, 0.15) is 12.4 Å². The Hall–Kier alpha value is -4.04. The molecule has 0 atom stereocenters. The van der Waals surface area contributed by atoms with Crippen molar-refractivity contribution in [1.29, 1.82) is 0 Å². The Labute approximate surface area is 202 Å². The standard InChI is InChI=1S/C25H24ClN3O5/c1-16(28-29-25(31)24(30)27-20-6-4-5-7-21(20)32-2)18-10-13-22(23(14-18)33-3)34-15-17-8-11-19(26)12-9-17/h4-14H,15H2,1-3H3,(H,27,30)(H,29,31)/b28-16+. The van der Waals surface area contributed by atoms with Crippen LogP contribution in [0.3, 0.4) is 0 Å². The Morgan fingerprint density at radius 3 is 2.29 bits per heavy atom. The van der Waals surface area contributed by atoms with E-state index in [1.165, 1.54) is 14.2 Å². The van der Waals surface area contributed by atoms with Gasteiger partial charge >= 0.3 is 11.8 Å². The SMILES string of the molecule is COc1ccccc1NC(=O)C(=O)N/N=C(\C)c1ccc(OCc2ccc(Cl)cc2)c(OC)c1. The molecule has 2 amide bonds. The van der Waals surface area contributed by atoms with Crippen molar-refractivity contribution in [3.8, 4) is 17.2 Å². The van der Waals surface area contributed by atoms with Crippen molar-refractivity contribution in [2.24, 2.45) is 5.10 Å². The van der Waals surface area contributed by atoms with Crippen LogP contribution in [-0.4, -0.2) is 31.7 Å². The molecule has 0 aliphatic rings. The van der Waals surface area contributed by atoms with Crippen molar-refractivity contribution in [2.45, 2.75) is 13.5 Å². The van der Waals surface area contributed by atoms with Crippen LogP contribution in [0.2, 0.25) is 5.02 Å². The Balaban J connectivity index is 1.63. The van der Waals surface area contributed by atoms with E-state index in [0.717, 1.165) is 5.56 Å². The first-order valence-electron chi connectivity index (χ1n) is 10.3. The Morgan fingerprint density at radius 1 is 0.882 bits per heavy atom. The van der Waals surface area contributed by atoms with Crippen LogP contribution >= 0.6 is 11.6 Å². The second kappa shape index (κ2) is 11.7. The smallest absolute Gasteiger partial charge is 0.329 e. The number of amides is 2.